The first-order valence-corrected chi connectivity index (χ1v) is 4.17. The summed E-state index contributed by atoms with van der Waals surface area (Å²) < 4.78 is 5.10. The predicted molar refractivity (Wildman–Crippen MR) is 48.7 cm³/mol. The zero-order chi connectivity index (χ0) is 9.84. The number of halogens is 1. The van der Waals surface area contributed by atoms with E-state index in [1.54, 1.807) is 0 Å². The highest BCUT2D eigenvalue weighted by Crippen LogP contribution is 2.13. The van der Waals surface area contributed by atoms with Crippen molar-refractivity contribution in [3.63, 3.8) is 0 Å². The van der Waals surface area contributed by atoms with Crippen LogP contribution in [0.1, 0.15) is 20.8 Å². The Bertz CT molecular complexity index is 351. The normalized spacial score (nSPS) is 9.38. The number of pyridine rings is 1. The highest BCUT2D eigenvalue weighted by atomic mass is 79.9. The molecule has 0 aliphatic carbocycles. The number of carbonyl (C=O) groups is 2. The summed E-state index contributed by atoms with van der Waals surface area (Å²) in [5.41, 5.74) is 0.238. The molecule has 0 spiro atoms. The smallest absolute Gasteiger partial charge is 0.340 e. The van der Waals surface area contributed by atoms with E-state index >= 15 is 0 Å². The molecule has 0 atom stereocenters. The Balaban J connectivity index is 3.23. The molecular formula is C8H6BrNO3. The second-order valence-electron chi connectivity index (χ2n) is 2.20. The van der Waals surface area contributed by atoms with Crippen LogP contribution in [-0.4, -0.2) is 24.3 Å². The van der Waals surface area contributed by atoms with Crippen LogP contribution in [-0.2, 0) is 4.74 Å². The Hall–Kier alpha value is -1.23. The van der Waals surface area contributed by atoms with E-state index in [2.05, 4.69) is 25.7 Å². The lowest BCUT2D eigenvalue weighted by atomic mass is 10.2. The molecule has 0 aliphatic rings. The van der Waals surface area contributed by atoms with Gasteiger partial charge in [-0.1, -0.05) is 0 Å². The fraction of sp³-hybridized carbons (Fsp3) is 0.125. The average molecular weight is 244 g/mol. The van der Waals surface area contributed by atoms with Gasteiger partial charge in [0.15, 0.2) is 6.29 Å². The SMILES string of the molecule is COC(=O)c1cc(Br)cnc1C=O. The summed E-state index contributed by atoms with van der Waals surface area (Å²) in [6, 6.07) is 1.49. The van der Waals surface area contributed by atoms with Crippen molar-refractivity contribution in [3.05, 3.63) is 28.0 Å². The lowest BCUT2D eigenvalue weighted by Crippen LogP contribution is -2.06. The number of ether oxygens (including phenoxy) is 1. The van der Waals surface area contributed by atoms with E-state index in [9.17, 15) is 9.59 Å². The van der Waals surface area contributed by atoms with E-state index in [0.717, 1.165) is 0 Å². The standard InChI is InChI=1S/C8H6BrNO3/c1-13-8(12)6-2-5(9)3-10-7(6)4-11/h2-4H,1H3. The van der Waals surface area contributed by atoms with Crippen LogP contribution in [0.25, 0.3) is 0 Å². The van der Waals surface area contributed by atoms with Gasteiger partial charge in [0.2, 0.25) is 0 Å². The molecule has 68 valence electrons. The van der Waals surface area contributed by atoms with Crippen LogP contribution in [0.4, 0.5) is 0 Å². The van der Waals surface area contributed by atoms with Crippen molar-refractivity contribution >= 4 is 28.2 Å². The van der Waals surface area contributed by atoms with Crippen molar-refractivity contribution in [2.24, 2.45) is 0 Å². The van der Waals surface area contributed by atoms with Crippen molar-refractivity contribution in [2.45, 2.75) is 0 Å². The molecule has 0 radical (unpaired) electrons. The maximum atomic E-state index is 11.1. The molecule has 0 saturated carbocycles. The minimum Gasteiger partial charge on any atom is -0.465 e. The van der Waals surface area contributed by atoms with Gasteiger partial charge in [0, 0.05) is 10.7 Å². The Morgan fingerprint density at radius 2 is 2.38 bits per heavy atom. The number of esters is 1. The lowest BCUT2D eigenvalue weighted by Gasteiger charge is -2.01. The molecule has 0 bridgehead atoms. The Labute approximate surface area is 83.1 Å². The minimum atomic E-state index is -0.573. The van der Waals surface area contributed by atoms with E-state index in [1.807, 2.05) is 0 Å². The monoisotopic (exact) mass is 243 g/mol. The maximum Gasteiger partial charge on any atom is 0.340 e. The van der Waals surface area contributed by atoms with Crippen LogP contribution in [0.3, 0.4) is 0 Å². The van der Waals surface area contributed by atoms with Gasteiger partial charge in [0.1, 0.15) is 5.69 Å². The predicted octanol–water partition coefficient (Wildman–Crippen LogP) is 1.44. The van der Waals surface area contributed by atoms with Gasteiger partial charge >= 0.3 is 5.97 Å². The van der Waals surface area contributed by atoms with Gasteiger partial charge in [0.05, 0.1) is 12.7 Å². The zero-order valence-electron chi connectivity index (χ0n) is 6.78. The topological polar surface area (TPSA) is 56.3 Å². The lowest BCUT2D eigenvalue weighted by molar-refractivity contribution is 0.0597. The number of aldehydes is 1. The number of nitrogens with zero attached hydrogens (tertiary/aromatic N) is 1. The molecular weight excluding hydrogens is 238 g/mol. The van der Waals surface area contributed by atoms with Gasteiger partial charge in [-0.15, -0.1) is 0 Å². The summed E-state index contributed by atoms with van der Waals surface area (Å²) in [5, 5.41) is 0. The van der Waals surface area contributed by atoms with E-state index < -0.39 is 5.97 Å². The highest BCUT2D eigenvalue weighted by molar-refractivity contribution is 9.10. The molecule has 0 aliphatic heterocycles. The molecule has 4 nitrogen and oxygen atoms in total. The van der Waals surface area contributed by atoms with Crippen molar-refractivity contribution in [1.29, 1.82) is 0 Å². The third-order valence-electron chi connectivity index (χ3n) is 1.40. The van der Waals surface area contributed by atoms with Gasteiger partial charge in [-0.25, -0.2) is 4.79 Å². The molecule has 0 aromatic carbocycles. The number of hydrogen-bond donors (Lipinski definition) is 0. The molecule has 0 unspecified atom stereocenters. The molecule has 0 fully saturated rings. The Morgan fingerprint density at radius 1 is 1.69 bits per heavy atom. The molecule has 1 aromatic heterocycles. The molecule has 0 amide bonds. The molecule has 0 saturated heterocycles. The second kappa shape index (κ2) is 4.13. The summed E-state index contributed by atoms with van der Waals surface area (Å²) in [5.74, 6) is -0.573. The molecule has 1 heterocycles. The number of methoxy groups -OCH3 is 1. The quantitative estimate of drug-likeness (QED) is 0.583. The van der Waals surface area contributed by atoms with Crippen LogP contribution in [0.15, 0.2) is 16.7 Å². The summed E-state index contributed by atoms with van der Waals surface area (Å²) >= 11 is 3.14. The summed E-state index contributed by atoms with van der Waals surface area (Å²) in [6.45, 7) is 0. The summed E-state index contributed by atoms with van der Waals surface area (Å²) in [4.78, 5) is 25.3. The molecule has 1 rings (SSSR count). The van der Waals surface area contributed by atoms with Crippen LogP contribution >= 0.6 is 15.9 Å². The first kappa shape index (κ1) is 9.85. The fourth-order valence-electron chi connectivity index (χ4n) is 0.817. The summed E-state index contributed by atoms with van der Waals surface area (Å²) in [7, 11) is 1.25. The Kier molecular flexibility index (Phi) is 3.13. The fourth-order valence-corrected chi connectivity index (χ4v) is 1.15. The van der Waals surface area contributed by atoms with Gasteiger partial charge in [-0.05, 0) is 22.0 Å². The maximum absolute atomic E-state index is 11.1. The first-order chi connectivity index (χ1) is 6.19. The van der Waals surface area contributed by atoms with E-state index in [4.69, 9.17) is 0 Å². The first-order valence-electron chi connectivity index (χ1n) is 3.38. The number of aromatic nitrogens is 1. The van der Waals surface area contributed by atoms with Gasteiger partial charge in [-0.2, -0.15) is 0 Å². The van der Waals surface area contributed by atoms with E-state index in [-0.39, 0.29) is 11.3 Å². The zero-order valence-corrected chi connectivity index (χ0v) is 8.37. The molecule has 13 heavy (non-hydrogen) atoms. The van der Waals surface area contributed by atoms with Crippen LogP contribution in [0.2, 0.25) is 0 Å². The number of hydrogen-bond acceptors (Lipinski definition) is 4. The number of carbonyl (C=O) groups excluding carboxylic acids is 2. The van der Waals surface area contributed by atoms with Crippen molar-refractivity contribution < 1.29 is 14.3 Å². The number of rotatable bonds is 2. The van der Waals surface area contributed by atoms with Crippen LogP contribution < -0.4 is 0 Å². The average Bonchev–Trinajstić information content (AvgIpc) is 2.16. The minimum absolute atomic E-state index is 0.0788. The third kappa shape index (κ3) is 2.12. The van der Waals surface area contributed by atoms with Gasteiger partial charge in [-0.3, -0.25) is 9.78 Å². The molecule has 0 N–H and O–H groups in total. The largest absolute Gasteiger partial charge is 0.465 e. The van der Waals surface area contributed by atoms with Crippen LogP contribution in [0, 0.1) is 0 Å². The highest BCUT2D eigenvalue weighted by Gasteiger charge is 2.12. The van der Waals surface area contributed by atoms with Crippen LogP contribution in [0.5, 0.6) is 0 Å². The summed E-state index contributed by atoms with van der Waals surface area (Å²) in [6.07, 6.45) is 1.95. The molecule has 5 heteroatoms. The van der Waals surface area contributed by atoms with Gasteiger partial charge in [0.25, 0.3) is 0 Å². The van der Waals surface area contributed by atoms with Gasteiger partial charge < -0.3 is 4.74 Å². The third-order valence-corrected chi connectivity index (χ3v) is 1.84. The van der Waals surface area contributed by atoms with E-state index in [1.165, 1.54) is 19.4 Å². The van der Waals surface area contributed by atoms with E-state index in [0.29, 0.717) is 10.8 Å². The van der Waals surface area contributed by atoms with Crippen molar-refractivity contribution in [1.82, 2.24) is 4.98 Å². The second-order valence-corrected chi connectivity index (χ2v) is 3.11. The Morgan fingerprint density at radius 3 is 2.92 bits per heavy atom. The molecule has 1 aromatic rings. The van der Waals surface area contributed by atoms with Crippen molar-refractivity contribution in [3.8, 4) is 0 Å². The van der Waals surface area contributed by atoms with Crippen molar-refractivity contribution in [2.75, 3.05) is 7.11 Å².